The van der Waals surface area contributed by atoms with E-state index >= 15 is 0 Å². The smallest absolute Gasteiger partial charge is 0.0634 e. The molecule has 1 rings (SSSR count). The van der Waals surface area contributed by atoms with Gasteiger partial charge >= 0.3 is 0 Å². The highest BCUT2D eigenvalue weighted by molar-refractivity contribution is 9.09. The van der Waals surface area contributed by atoms with Crippen molar-refractivity contribution in [3.05, 3.63) is 29.0 Å². The monoisotopic (exact) mass is 276 g/mol. The minimum Gasteiger partial charge on any atom is -0.310 e. The zero-order valence-electron chi connectivity index (χ0n) is 8.13. The van der Waals surface area contributed by atoms with Crippen molar-refractivity contribution in [3.63, 3.8) is 0 Å². The molecule has 4 heteroatoms. The molecule has 2 nitrogen and oxygen atoms in total. The summed E-state index contributed by atoms with van der Waals surface area (Å²) in [6, 6.07) is 2.44. The van der Waals surface area contributed by atoms with Crippen LogP contribution in [0.1, 0.15) is 18.9 Å². The van der Waals surface area contributed by atoms with Gasteiger partial charge in [0.15, 0.2) is 0 Å². The summed E-state index contributed by atoms with van der Waals surface area (Å²) in [6.07, 6.45) is 4.55. The lowest BCUT2D eigenvalue weighted by atomic mass is 10.2. The molecule has 0 aliphatic rings. The van der Waals surface area contributed by atoms with Gasteiger partial charge in [-0.2, -0.15) is 0 Å². The van der Waals surface area contributed by atoms with Gasteiger partial charge in [-0.25, -0.2) is 0 Å². The molecule has 0 aliphatic heterocycles. The standard InChI is InChI=1S/C10H14BrClN2/c1-8(2-4-11)14-6-9-3-5-13-7-10(9)12/h3,5,7-8,14H,2,4,6H2,1H3. The molecule has 0 saturated carbocycles. The second-order valence-corrected chi connectivity index (χ2v) is 4.43. The lowest BCUT2D eigenvalue weighted by molar-refractivity contribution is 0.538. The summed E-state index contributed by atoms with van der Waals surface area (Å²) >= 11 is 9.39. The van der Waals surface area contributed by atoms with Crippen molar-refractivity contribution in [1.29, 1.82) is 0 Å². The lowest BCUT2D eigenvalue weighted by Gasteiger charge is -2.12. The molecule has 78 valence electrons. The second kappa shape index (κ2) is 6.38. The normalized spacial score (nSPS) is 12.8. The van der Waals surface area contributed by atoms with Crippen molar-refractivity contribution in [2.75, 3.05) is 5.33 Å². The summed E-state index contributed by atoms with van der Waals surface area (Å²) in [5.41, 5.74) is 1.10. The number of hydrogen-bond acceptors (Lipinski definition) is 2. The van der Waals surface area contributed by atoms with Crippen LogP contribution in [0.2, 0.25) is 5.02 Å². The van der Waals surface area contributed by atoms with Crippen LogP contribution in [0.3, 0.4) is 0 Å². The summed E-state index contributed by atoms with van der Waals surface area (Å²) < 4.78 is 0. The van der Waals surface area contributed by atoms with Gasteiger partial charge in [0.05, 0.1) is 5.02 Å². The maximum atomic E-state index is 5.97. The van der Waals surface area contributed by atoms with Crippen molar-refractivity contribution in [2.45, 2.75) is 25.9 Å². The summed E-state index contributed by atoms with van der Waals surface area (Å²) in [7, 11) is 0. The minimum atomic E-state index is 0.499. The molecule has 0 fully saturated rings. The van der Waals surface area contributed by atoms with Gasteiger partial charge in [0, 0.05) is 30.3 Å². The molecule has 1 aromatic rings. The maximum Gasteiger partial charge on any atom is 0.0634 e. The van der Waals surface area contributed by atoms with Gasteiger partial charge in [-0.1, -0.05) is 27.5 Å². The molecule has 0 aliphatic carbocycles. The fraction of sp³-hybridized carbons (Fsp3) is 0.500. The van der Waals surface area contributed by atoms with Crippen molar-refractivity contribution >= 4 is 27.5 Å². The topological polar surface area (TPSA) is 24.9 Å². The summed E-state index contributed by atoms with van der Waals surface area (Å²) in [6.45, 7) is 2.96. The third kappa shape index (κ3) is 3.95. The number of nitrogens with zero attached hydrogens (tertiary/aromatic N) is 1. The second-order valence-electron chi connectivity index (χ2n) is 3.23. The fourth-order valence-corrected chi connectivity index (χ4v) is 1.97. The van der Waals surface area contributed by atoms with Crippen LogP contribution in [0, 0.1) is 0 Å². The molecule has 0 bridgehead atoms. The average Bonchev–Trinajstić information content (AvgIpc) is 2.17. The Hall–Kier alpha value is -0.120. The molecule has 0 amide bonds. The first kappa shape index (κ1) is 12.0. The molecule has 1 unspecified atom stereocenters. The van der Waals surface area contributed by atoms with Crippen LogP contribution in [0.4, 0.5) is 0 Å². The molecule has 0 aromatic carbocycles. The fourth-order valence-electron chi connectivity index (χ4n) is 1.10. The average molecular weight is 278 g/mol. The molecular weight excluding hydrogens is 263 g/mol. The van der Waals surface area contributed by atoms with E-state index in [1.54, 1.807) is 12.4 Å². The van der Waals surface area contributed by atoms with Gasteiger partial charge in [-0.15, -0.1) is 0 Å². The Morgan fingerprint density at radius 2 is 2.43 bits per heavy atom. The van der Waals surface area contributed by atoms with Gasteiger partial charge in [0.1, 0.15) is 0 Å². The van der Waals surface area contributed by atoms with Crippen LogP contribution in [-0.2, 0) is 6.54 Å². The summed E-state index contributed by atoms with van der Waals surface area (Å²) in [5, 5.41) is 5.15. The van der Waals surface area contributed by atoms with Crippen LogP contribution in [0.5, 0.6) is 0 Å². The van der Waals surface area contributed by atoms with E-state index in [4.69, 9.17) is 11.6 Å². The number of nitrogens with one attached hydrogen (secondary N) is 1. The first-order chi connectivity index (χ1) is 6.74. The van der Waals surface area contributed by atoms with E-state index in [2.05, 4.69) is 33.2 Å². The first-order valence-corrected chi connectivity index (χ1v) is 6.11. The minimum absolute atomic E-state index is 0.499. The molecule has 1 atom stereocenters. The molecular formula is C10H14BrClN2. The molecule has 0 spiro atoms. The van der Waals surface area contributed by atoms with Crippen LogP contribution < -0.4 is 5.32 Å². The van der Waals surface area contributed by atoms with Gasteiger partial charge in [0.2, 0.25) is 0 Å². The Morgan fingerprint density at radius 3 is 3.07 bits per heavy atom. The largest absolute Gasteiger partial charge is 0.310 e. The molecule has 1 heterocycles. The Balaban J connectivity index is 2.41. The van der Waals surface area contributed by atoms with Crippen LogP contribution in [0.25, 0.3) is 0 Å². The van der Waals surface area contributed by atoms with E-state index in [0.29, 0.717) is 6.04 Å². The van der Waals surface area contributed by atoms with Crippen molar-refractivity contribution in [3.8, 4) is 0 Å². The predicted molar refractivity (Wildman–Crippen MR) is 64.0 cm³/mol. The summed E-state index contributed by atoms with van der Waals surface area (Å²) in [4.78, 5) is 3.94. The van der Waals surface area contributed by atoms with E-state index in [1.807, 2.05) is 6.07 Å². The van der Waals surface area contributed by atoms with E-state index in [1.165, 1.54) is 0 Å². The zero-order valence-corrected chi connectivity index (χ0v) is 10.5. The van der Waals surface area contributed by atoms with Crippen molar-refractivity contribution in [1.82, 2.24) is 10.3 Å². The van der Waals surface area contributed by atoms with Crippen LogP contribution >= 0.6 is 27.5 Å². The van der Waals surface area contributed by atoms with E-state index < -0.39 is 0 Å². The van der Waals surface area contributed by atoms with Gasteiger partial charge in [0.25, 0.3) is 0 Å². The van der Waals surface area contributed by atoms with Crippen molar-refractivity contribution in [2.24, 2.45) is 0 Å². The number of aromatic nitrogens is 1. The van der Waals surface area contributed by atoms with Gasteiger partial charge in [-0.3, -0.25) is 4.98 Å². The predicted octanol–water partition coefficient (Wildman–Crippen LogP) is 3.00. The quantitative estimate of drug-likeness (QED) is 0.837. The van der Waals surface area contributed by atoms with E-state index in [9.17, 15) is 0 Å². The van der Waals surface area contributed by atoms with Crippen molar-refractivity contribution < 1.29 is 0 Å². The number of pyridine rings is 1. The Kier molecular flexibility index (Phi) is 5.45. The van der Waals surface area contributed by atoms with Crippen LogP contribution in [0.15, 0.2) is 18.5 Å². The van der Waals surface area contributed by atoms with E-state index in [-0.39, 0.29) is 0 Å². The molecule has 1 aromatic heterocycles. The highest BCUT2D eigenvalue weighted by atomic mass is 79.9. The molecule has 0 saturated heterocycles. The SMILES string of the molecule is CC(CCBr)NCc1ccncc1Cl. The number of halogens is 2. The first-order valence-electron chi connectivity index (χ1n) is 4.61. The van der Waals surface area contributed by atoms with Gasteiger partial charge in [-0.05, 0) is 25.0 Å². The molecule has 14 heavy (non-hydrogen) atoms. The zero-order chi connectivity index (χ0) is 10.4. The highest BCUT2D eigenvalue weighted by Gasteiger charge is 2.02. The highest BCUT2D eigenvalue weighted by Crippen LogP contribution is 2.13. The van der Waals surface area contributed by atoms with Gasteiger partial charge < -0.3 is 5.32 Å². The third-order valence-corrected chi connectivity index (χ3v) is 2.84. The number of alkyl halides is 1. The van der Waals surface area contributed by atoms with Crippen LogP contribution in [-0.4, -0.2) is 16.4 Å². The lowest BCUT2D eigenvalue weighted by Crippen LogP contribution is -2.25. The number of rotatable bonds is 5. The Labute approximate surface area is 98.2 Å². The Morgan fingerprint density at radius 1 is 1.64 bits per heavy atom. The Bertz CT molecular complexity index is 281. The molecule has 1 N–H and O–H groups in total. The maximum absolute atomic E-state index is 5.97. The summed E-state index contributed by atoms with van der Waals surface area (Å²) in [5.74, 6) is 0. The van der Waals surface area contributed by atoms with E-state index in [0.717, 1.165) is 28.9 Å². The number of hydrogen-bond donors (Lipinski definition) is 1. The molecule has 0 radical (unpaired) electrons. The third-order valence-electron chi connectivity index (χ3n) is 2.04.